The van der Waals surface area contributed by atoms with Crippen LogP contribution < -0.4 is 0 Å². The molecule has 1 aliphatic rings. The number of pyridine rings is 2. The number of methoxy groups -OCH3 is 1. The molecule has 122 valence electrons. The number of halogens is 1. The van der Waals surface area contributed by atoms with Gasteiger partial charge in [0, 0.05) is 37.8 Å². The number of ether oxygens (including phenoxy) is 1. The quantitative estimate of drug-likeness (QED) is 0.870. The largest absolute Gasteiger partial charge is 0.465 e. The van der Waals surface area contributed by atoms with Crippen LogP contribution in [0.4, 0.5) is 4.79 Å². The number of rotatable bonds is 3. The van der Waals surface area contributed by atoms with Crippen LogP contribution in [-0.2, 0) is 4.74 Å². The summed E-state index contributed by atoms with van der Waals surface area (Å²) in [5.41, 5.74) is 1.63. The van der Waals surface area contributed by atoms with Gasteiger partial charge in [-0.3, -0.25) is 0 Å². The summed E-state index contributed by atoms with van der Waals surface area (Å²) in [7, 11) is 1.67. The molecule has 23 heavy (non-hydrogen) atoms. The fourth-order valence-corrected chi connectivity index (χ4v) is 3.27. The van der Waals surface area contributed by atoms with Gasteiger partial charge in [-0.05, 0) is 30.9 Å². The van der Waals surface area contributed by atoms with E-state index >= 15 is 0 Å². The first kappa shape index (κ1) is 16.0. The summed E-state index contributed by atoms with van der Waals surface area (Å²) in [6.45, 7) is 1.06. The molecule has 6 nitrogen and oxygen atoms in total. The number of piperidine rings is 1. The molecular formula is C16H18ClN3O3. The van der Waals surface area contributed by atoms with E-state index in [1.807, 2.05) is 12.1 Å². The third-order valence-corrected chi connectivity index (χ3v) is 4.55. The maximum absolute atomic E-state index is 11.0. The van der Waals surface area contributed by atoms with Crippen molar-refractivity contribution in [3.05, 3.63) is 35.2 Å². The lowest BCUT2D eigenvalue weighted by Gasteiger charge is -2.33. The number of aromatic nitrogens is 2. The number of nitrogens with zero attached hydrogens (tertiary/aromatic N) is 3. The van der Waals surface area contributed by atoms with Gasteiger partial charge in [-0.2, -0.15) is 0 Å². The SMILES string of the molecule is COC(c1ccc2cnc(Cl)cc2n1)C1CCN(C(=O)O)CC1. The molecule has 1 aliphatic heterocycles. The summed E-state index contributed by atoms with van der Waals surface area (Å²) in [6, 6.07) is 5.63. The zero-order valence-corrected chi connectivity index (χ0v) is 13.5. The lowest BCUT2D eigenvalue weighted by Crippen LogP contribution is -2.39. The number of fused-ring (bicyclic) bond motifs is 1. The second-order valence-corrected chi connectivity index (χ2v) is 6.09. The molecule has 1 atom stereocenters. The van der Waals surface area contributed by atoms with Gasteiger partial charge >= 0.3 is 6.09 Å². The Balaban J connectivity index is 1.82. The molecule has 0 saturated carbocycles. The van der Waals surface area contributed by atoms with Crippen molar-refractivity contribution in [1.82, 2.24) is 14.9 Å². The molecule has 0 radical (unpaired) electrons. The number of amides is 1. The van der Waals surface area contributed by atoms with Crippen LogP contribution in [0.5, 0.6) is 0 Å². The molecular weight excluding hydrogens is 318 g/mol. The minimum Gasteiger partial charge on any atom is -0.465 e. The predicted octanol–water partition coefficient (Wildman–Crippen LogP) is 3.36. The van der Waals surface area contributed by atoms with Crippen LogP contribution in [0.3, 0.4) is 0 Å². The van der Waals surface area contributed by atoms with Crippen LogP contribution in [0.2, 0.25) is 5.15 Å². The van der Waals surface area contributed by atoms with Crippen LogP contribution in [0.15, 0.2) is 24.4 Å². The molecule has 2 aromatic heterocycles. The molecule has 0 bridgehead atoms. The van der Waals surface area contributed by atoms with Gasteiger partial charge in [-0.15, -0.1) is 0 Å². The van der Waals surface area contributed by atoms with Crippen LogP contribution in [-0.4, -0.2) is 46.3 Å². The first-order chi connectivity index (χ1) is 11.1. The van der Waals surface area contributed by atoms with Gasteiger partial charge in [0.1, 0.15) is 11.3 Å². The minimum atomic E-state index is -0.858. The predicted molar refractivity (Wildman–Crippen MR) is 86.6 cm³/mol. The van der Waals surface area contributed by atoms with E-state index in [1.54, 1.807) is 19.4 Å². The highest BCUT2D eigenvalue weighted by atomic mass is 35.5. The van der Waals surface area contributed by atoms with Crippen LogP contribution >= 0.6 is 11.6 Å². The fourth-order valence-electron chi connectivity index (χ4n) is 3.11. The normalized spacial score (nSPS) is 17.4. The third-order valence-electron chi connectivity index (χ3n) is 4.35. The molecule has 1 unspecified atom stereocenters. The fraction of sp³-hybridized carbons (Fsp3) is 0.438. The summed E-state index contributed by atoms with van der Waals surface area (Å²) in [5, 5.41) is 10.4. The monoisotopic (exact) mass is 335 g/mol. The second kappa shape index (κ2) is 6.68. The number of carbonyl (C=O) groups is 1. The standard InChI is InChI=1S/C16H18ClN3O3/c1-23-15(10-4-6-20(7-5-10)16(21)22)12-3-2-11-9-18-14(17)8-13(11)19-12/h2-3,8-10,15H,4-7H2,1H3,(H,21,22). The molecule has 1 N–H and O–H groups in total. The van der Waals surface area contributed by atoms with Gasteiger partial charge < -0.3 is 14.7 Å². The summed E-state index contributed by atoms with van der Waals surface area (Å²) in [5.74, 6) is 0.248. The highest BCUT2D eigenvalue weighted by molar-refractivity contribution is 6.29. The van der Waals surface area contributed by atoms with E-state index in [0.717, 1.165) is 29.4 Å². The van der Waals surface area contributed by atoms with Crippen LogP contribution in [0, 0.1) is 5.92 Å². The highest BCUT2D eigenvalue weighted by Crippen LogP contribution is 2.33. The lowest BCUT2D eigenvalue weighted by molar-refractivity contribution is 0.0191. The van der Waals surface area contributed by atoms with Crippen molar-refractivity contribution >= 4 is 28.6 Å². The van der Waals surface area contributed by atoms with Crippen LogP contribution in [0.1, 0.15) is 24.6 Å². The van der Waals surface area contributed by atoms with Crippen LogP contribution in [0.25, 0.3) is 10.9 Å². The summed E-state index contributed by atoms with van der Waals surface area (Å²) < 4.78 is 5.67. The molecule has 2 aromatic rings. The van der Waals surface area contributed by atoms with Crippen molar-refractivity contribution < 1.29 is 14.6 Å². The van der Waals surface area contributed by atoms with E-state index in [9.17, 15) is 4.79 Å². The molecule has 3 heterocycles. The van der Waals surface area contributed by atoms with Crippen molar-refractivity contribution in [2.45, 2.75) is 18.9 Å². The van der Waals surface area contributed by atoms with Gasteiger partial charge in [-0.1, -0.05) is 11.6 Å². The number of hydrogen-bond donors (Lipinski definition) is 1. The summed E-state index contributed by atoms with van der Waals surface area (Å²) >= 11 is 5.94. The number of likely N-dealkylation sites (tertiary alicyclic amines) is 1. The Labute approximate surface area is 139 Å². The summed E-state index contributed by atoms with van der Waals surface area (Å²) in [4.78, 5) is 21.2. The molecule has 1 amide bonds. The third kappa shape index (κ3) is 3.38. The smallest absolute Gasteiger partial charge is 0.407 e. The van der Waals surface area contributed by atoms with Gasteiger partial charge in [-0.25, -0.2) is 14.8 Å². The van der Waals surface area contributed by atoms with Crippen molar-refractivity contribution in [3.63, 3.8) is 0 Å². The van der Waals surface area contributed by atoms with E-state index in [0.29, 0.717) is 18.2 Å². The molecule has 0 aliphatic carbocycles. The Morgan fingerprint density at radius 1 is 1.43 bits per heavy atom. The van der Waals surface area contributed by atoms with E-state index in [1.165, 1.54) is 4.90 Å². The molecule has 1 saturated heterocycles. The van der Waals surface area contributed by atoms with Crippen molar-refractivity contribution in [3.8, 4) is 0 Å². The molecule has 1 fully saturated rings. The number of hydrogen-bond acceptors (Lipinski definition) is 4. The number of carboxylic acid groups (broad SMARTS) is 1. The molecule has 3 rings (SSSR count). The summed E-state index contributed by atoms with van der Waals surface area (Å²) in [6.07, 6.45) is 2.22. The maximum Gasteiger partial charge on any atom is 0.407 e. The van der Waals surface area contributed by atoms with E-state index in [2.05, 4.69) is 9.97 Å². The molecule has 0 aromatic carbocycles. The van der Waals surface area contributed by atoms with Gasteiger partial charge in [0.2, 0.25) is 0 Å². The van der Waals surface area contributed by atoms with E-state index < -0.39 is 6.09 Å². The Kier molecular flexibility index (Phi) is 4.63. The van der Waals surface area contributed by atoms with Crippen molar-refractivity contribution in [1.29, 1.82) is 0 Å². The zero-order chi connectivity index (χ0) is 16.4. The van der Waals surface area contributed by atoms with Gasteiger partial charge in [0.05, 0.1) is 11.2 Å². The Hall–Kier alpha value is -1.92. The zero-order valence-electron chi connectivity index (χ0n) is 12.8. The Bertz CT molecular complexity index is 717. The Morgan fingerprint density at radius 3 is 2.83 bits per heavy atom. The first-order valence-electron chi connectivity index (χ1n) is 7.51. The lowest BCUT2D eigenvalue weighted by atomic mass is 9.89. The first-order valence-corrected chi connectivity index (χ1v) is 7.89. The average Bonchev–Trinajstić information content (AvgIpc) is 2.55. The molecule has 7 heteroatoms. The van der Waals surface area contributed by atoms with Gasteiger partial charge in [0.15, 0.2) is 0 Å². The topological polar surface area (TPSA) is 75.6 Å². The Morgan fingerprint density at radius 2 is 2.17 bits per heavy atom. The maximum atomic E-state index is 11.0. The highest BCUT2D eigenvalue weighted by Gasteiger charge is 2.30. The van der Waals surface area contributed by atoms with Gasteiger partial charge in [0.25, 0.3) is 0 Å². The second-order valence-electron chi connectivity index (χ2n) is 5.70. The van der Waals surface area contributed by atoms with Crippen molar-refractivity contribution in [2.75, 3.05) is 20.2 Å². The molecule has 0 spiro atoms. The minimum absolute atomic E-state index is 0.151. The van der Waals surface area contributed by atoms with Crippen molar-refractivity contribution in [2.24, 2.45) is 5.92 Å². The van der Waals surface area contributed by atoms with E-state index in [-0.39, 0.29) is 12.0 Å². The average molecular weight is 336 g/mol. The van der Waals surface area contributed by atoms with E-state index in [4.69, 9.17) is 21.4 Å².